The normalized spacial score (nSPS) is 17.6. The molecule has 0 radical (unpaired) electrons. The monoisotopic (exact) mass is 370 g/mol. The first-order valence-electron chi connectivity index (χ1n) is 8.55. The summed E-state index contributed by atoms with van der Waals surface area (Å²) < 4.78 is 0. The minimum absolute atomic E-state index is 0.0430. The van der Waals surface area contributed by atoms with E-state index < -0.39 is 0 Å². The summed E-state index contributed by atoms with van der Waals surface area (Å²) >= 11 is 7.95. The second-order valence-electron chi connectivity index (χ2n) is 6.39. The number of likely N-dealkylation sites (tertiary alicyclic amines) is 1. The molecule has 24 heavy (non-hydrogen) atoms. The van der Waals surface area contributed by atoms with Crippen LogP contribution in [0.5, 0.6) is 0 Å². The number of halogens is 1. The second-order valence-corrected chi connectivity index (χ2v) is 7.82. The lowest BCUT2D eigenvalue weighted by molar-refractivity contribution is -0.118. The van der Waals surface area contributed by atoms with Gasteiger partial charge in [0.1, 0.15) is 0 Å². The molecule has 0 saturated carbocycles. The number of benzene rings is 1. The maximum absolute atomic E-state index is 12.1. The summed E-state index contributed by atoms with van der Waals surface area (Å²) in [7, 11) is 0. The standard InChI is InChI=1S/C18H27ClN2O2S/c1-14(11-22)12-24-13-18(23)20-10-17(21-8-4-5-9-21)15-6-2-3-7-16(15)19/h2-3,6-7,14,17,22H,4-5,8-13H2,1H3,(H,20,23)/t14-,17+/m1/s1. The highest BCUT2D eigenvalue weighted by atomic mass is 35.5. The van der Waals surface area contributed by atoms with E-state index in [0.717, 1.165) is 29.4 Å². The van der Waals surface area contributed by atoms with Gasteiger partial charge in [0, 0.05) is 18.2 Å². The Balaban J connectivity index is 1.89. The number of rotatable bonds is 9. The molecule has 1 fully saturated rings. The molecule has 0 unspecified atom stereocenters. The smallest absolute Gasteiger partial charge is 0.230 e. The van der Waals surface area contributed by atoms with Crippen molar-refractivity contribution >= 4 is 29.3 Å². The SMILES string of the molecule is C[C@H](CO)CSCC(=O)NC[C@@H](c1ccccc1Cl)N1CCCC1. The zero-order valence-electron chi connectivity index (χ0n) is 14.2. The first kappa shape index (κ1) is 19.6. The van der Waals surface area contributed by atoms with Gasteiger partial charge >= 0.3 is 0 Å². The fraction of sp³-hybridized carbons (Fsp3) is 0.611. The van der Waals surface area contributed by atoms with Crippen LogP contribution >= 0.6 is 23.4 Å². The van der Waals surface area contributed by atoms with E-state index in [1.165, 1.54) is 12.8 Å². The number of thioether (sulfide) groups is 1. The molecule has 4 nitrogen and oxygen atoms in total. The molecule has 1 aromatic rings. The maximum Gasteiger partial charge on any atom is 0.230 e. The van der Waals surface area contributed by atoms with Crippen LogP contribution in [0.3, 0.4) is 0 Å². The number of aliphatic hydroxyl groups is 1. The third kappa shape index (κ3) is 5.96. The zero-order valence-corrected chi connectivity index (χ0v) is 15.8. The molecule has 0 aromatic heterocycles. The van der Waals surface area contributed by atoms with Crippen molar-refractivity contribution in [3.8, 4) is 0 Å². The van der Waals surface area contributed by atoms with Gasteiger partial charge in [0.15, 0.2) is 0 Å². The summed E-state index contributed by atoms with van der Waals surface area (Å²) in [5.74, 6) is 1.49. The molecule has 2 atom stereocenters. The molecular formula is C18H27ClN2O2S. The van der Waals surface area contributed by atoms with Crippen molar-refractivity contribution in [1.29, 1.82) is 0 Å². The Morgan fingerprint density at radius 2 is 2.08 bits per heavy atom. The molecule has 1 saturated heterocycles. The number of hydrogen-bond donors (Lipinski definition) is 2. The molecule has 6 heteroatoms. The Morgan fingerprint density at radius 3 is 2.75 bits per heavy atom. The third-order valence-corrected chi connectivity index (χ3v) is 5.90. The average molecular weight is 371 g/mol. The minimum atomic E-state index is 0.0430. The van der Waals surface area contributed by atoms with E-state index in [0.29, 0.717) is 12.3 Å². The van der Waals surface area contributed by atoms with E-state index in [9.17, 15) is 4.79 Å². The van der Waals surface area contributed by atoms with Crippen molar-refractivity contribution in [1.82, 2.24) is 10.2 Å². The summed E-state index contributed by atoms with van der Waals surface area (Å²) in [5, 5.41) is 12.8. The maximum atomic E-state index is 12.1. The van der Waals surface area contributed by atoms with Crippen molar-refractivity contribution in [3.63, 3.8) is 0 Å². The highest BCUT2D eigenvalue weighted by Gasteiger charge is 2.25. The molecular weight excluding hydrogens is 344 g/mol. The first-order chi connectivity index (χ1) is 11.6. The van der Waals surface area contributed by atoms with Gasteiger partial charge in [0.25, 0.3) is 0 Å². The summed E-state index contributed by atoms with van der Waals surface area (Å²) in [6, 6.07) is 8.03. The van der Waals surface area contributed by atoms with E-state index in [-0.39, 0.29) is 24.5 Å². The predicted molar refractivity (Wildman–Crippen MR) is 102 cm³/mol. The van der Waals surface area contributed by atoms with Gasteiger partial charge in [-0.05, 0) is 49.2 Å². The Morgan fingerprint density at radius 1 is 1.38 bits per heavy atom. The number of amides is 1. The molecule has 0 bridgehead atoms. The van der Waals surface area contributed by atoms with Crippen LogP contribution in [0.1, 0.15) is 31.4 Å². The summed E-state index contributed by atoms with van der Waals surface area (Å²) in [6.07, 6.45) is 2.40. The van der Waals surface area contributed by atoms with Crippen LogP contribution in [0.4, 0.5) is 0 Å². The molecule has 1 heterocycles. The number of carbonyl (C=O) groups is 1. The van der Waals surface area contributed by atoms with Crippen LogP contribution in [-0.4, -0.2) is 53.7 Å². The summed E-state index contributed by atoms with van der Waals surface area (Å²) in [4.78, 5) is 14.5. The van der Waals surface area contributed by atoms with Crippen LogP contribution in [-0.2, 0) is 4.79 Å². The van der Waals surface area contributed by atoms with E-state index in [2.05, 4.69) is 16.3 Å². The third-order valence-electron chi connectivity index (χ3n) is 4.29. The quantitative estimate of drug-likeness (QED) is 0.701. The average Bonchev–Trinajstić information content (AvgIpc) is 3.10. The predicted octanol–water partition coefficient (Wildman–Crippen LogP) is 2.95. The number of hydrogen-bond acceptors (Lipinski definition) is 4. The first-order valence-corrected chi connectivity index (χ1v) is 10.1. The lowest BCUT2D eigenvalue weighted by Gasteiger charge is -2.29. The summed E-state index contributed by atoms with van der Waals surface area (Å²) in [6.45, 7) is 4.83. The van der Waals surface area contributed by atoms with Crippen LogP contribution in [0.25, 0.3) is 0 Å². The fourth-order valence-electron chi connectivity index (χ4n) is 2.90. The van der Waals surface area contributed by atoms with Gasteiger partial charge in [-0.3, -0.25) is 9.69 Å². The molecule has 0 spiro atoms. The van der Waals surface area contributed by atoms with E-state index in [1.807, 2.05) is 25.1 Å². The Hall–Kier alpha value is -0.750. The highest BCUT2D eigenvalue weighted by molar-refractivity contribution is 7.99. The van der Waals surface area contributed by atoms with Gasteiger partial charge in [-0.25, -0.2) is 0 Å². The van der Waals surface area contributed by atoms with E-state index >= 15 is 0 Å². The van der Waals surface area contributed by atoms with Gasteiger partial charge in [-0.1, -0.05) is 36.7 Å². The highest BCUT2D eigenvalue weighted by Crippen LogP contribution is 2.29. The van der Waals surface area contributed by atoms with Gasteiger partial charge in [-0.15, -0.1) is 0 Å². The van der Waals surface area contributed by atoms with Crippen LogP contribution in [0.15, 0.2) is 24.3 Å². The largest absolute Gasteiger partial charge is 0.396 e. The lowest BCUT2D eigenvalue weighted by Crippen LogP contribution is -2.37. The van der Waals surface area contributed by atoms with Gasteiger partial charge < -0.3 is 10.4 Å². The molecule has 1 amide bonds. The molecule has 1 aliphatic heterocycles. The fourth-order valence-corrected chi connectivity index (χ4v) is 4.08. The zero-order chi connectivity index (χ0) is 17.4. The number of carbonyl (C=O) groups excluding carboxylic acids is 1. The van der Waals surface area contributed by atoms with Gasteiger partial charge in [-0.2, -0.15) is 11.8 Å². The van der Waals surface area contributed by atoms with Crippen molar-refractivity contribution in [2.24, 2.45) is 5.92 Å². The summed E-state index contributed by atoms with van der Waals surface area (Å²) in [5.41, 5.74) is 1.09. The number of nitrogens with one attached hydrogen (secondary N) is 1. The molecule has 134 valence electrons. The van der Waals surface area contributed by atoms with Crippen molar-refractivity contribution in [2.45, 2.75) is 25.8 Å². The minimum Gasteiger partial charge on any atom is -0.396 e. The van der Waals surface area contributed by atoms with E-state index in [4.69, 9.17) is 16.7 Å². The number of aliphatic hydroxyl groups excluding tert-OH is 1. The lowest BCUT2D eigenvalue weighted by atomic mass is 10.1. The van der Waals surface area contributed by atoms with Gasteiger partial charge in [0.05, 0.1) is 11.8 Å². The molecule has 1 aliphatic rings. The molecule has 2 rings (SSSR count). The Bertz CT molecular complexity index is 523. The number of nitrogens with zero attached hydrogens (tertiary/aromatic N) is 1. The van der Waals surface area contributed by atoms with Crippen molar-refractivity contribution in [2.75, 3.05) is 37.7 Å². The van der Waals surface area contributed by atoms with Crippen LogP contribution in [0, 0.1) is 5.92 Å². The molecule has 1 aromatic carbocycles. The second kappa shape index (κ2) is 10.3. The Kier molecular flexibility index (Phi) is 8.39. The van der Waals surface area contributed by atoms with Crippen LogP contribution in [0.2, 0.25) is 5.02 Å². The van der Waals surface area contributed by atoms with Crippen molar-refractivity contribution in [3.05, 3.63) is 34.9 Å². The topological polar surface area (TPSA) is 52.6 Å². The van der Waals surface area contributed by atoms with E-state index in [1.54, 1.807) is 11.8 Å². The van der Waals surface area contributed by atoms with Crippen LogP contribution < -0.4 is 5.32 Å². The van der Waals surface area contributed by atoms with Crippen molar-refractivity contribution < 1.29 is 9.90 Å². The molecule has 2 N–H and O–H groups in total. The molecule has 0 aliphatic carbocycles. The van der Waals surface area contributed by atoms with Gasteiger partial charge in [0.2, 0.25) is 5.91 Å². The Labute approximate surface area is 153 Å².